The number of aryl methyl sites for hydroxylation is 1. The summed E-state index contributed by atoms with van der Waals surface area (Å²) in [6.07, 6.45) is 6.09. The molecular formula is C19H19N3O3. The molecule has 2 aromatic heterocycles. The van der Waals surface area contributed by atoms with Crippen molar-refractivity contribution in [1.29, 1.82) is 0 Å². The monoisotopic (exact) mass is 337 g/mol. The Morgan fingerprint density at radius 1 is 1.32 bits per heavy atom. The summed E-state index contributed by atoms with van der Waals surface area (Å²) >= 11 is 0. The summed E-state index contributed by atoms with van der Waals surface area (Å²) in [6.45, 7) is 0. The number of amides is 1. The number of carbonyl (C=O) groups excluding carboxylic acids is 1. The number of H-pyrrole nitrogens is 1. The second-order valence-corrected chi connectivity index (χ2v) is 6.10. The number of furan rings is 1. The molecule has 1 aliphatic carbocycles. The van der Waals surface area contributed by atoms with E-state index in [9.17, 15) is 4.79 Å². The van der Waals surface area contributed by atoms with Gasteiger partial charge in [0.15, 0.2) is 0 Å². The maximum absolute atomic E-state index is 12.8. The third-order valence-electron chi connectivity index (χ3n) is 4.62. The zero-order valence-electron chi connectivity index (χ0n) is 13.9. The van der Waals surface area contributed by atoms with Crippen LogP contribution in [0.15, 0.2) is 47.2 Å². The van der Waals surface area contributed by atoms with Gasteiger partial charge in [0.2, 0.25) is 0 Å². The predicted octanol–water partition coefficient (Wildman–Crippen LogP) is 3.49. The summed E-state index contributed by atoms with van der Waals surface area (Å²) in [5.41, 5.74) is 3.19. The molecular weight excluding hydrogens is 318 g/mol. The molecule has 3 aromatic rings. The molecule has 1 amide bonds. The van der Waals surface area contributed by atoms with Crippen LogP contribution in [0, 0.1) is 0 Å². The van der Waals surface area contributed by atoms with Crippen LogP contribution in [-0.4, -0.2) is 23.2 Å². The van der Waals surface area contributed by atoms with E-state index < -0.39 is 0 Å². The Balaban J connectivity index is 1.57. The number of aromatic nitrogens is 2. The van der Waals surface area contributed by atoms with Gasteiger partial charge in [-0.2, -0.15) is 5.10 Å². The third-order valence-corrected chi connectivity index (χ3v) is 4.62. The Morgan fingerprint density at radius 2 is 2.16 bits per heavy atom. The average Bonchev–Trinajstić information content (AvgIpc) is 3.31. The van der Waals surface area contributed by atoms with Crippen molar-refractivity contribution < 1.29 is 13.9 Å². The number of benzene rings is 1. The molecule has 0 bridgehead atoms. The molecule has 128 valence electrons. The van der Waals surface area contributed by atoms with Crippen molar-refractivity contribution in [3.63, 3.8) is 0 Å². The highest BCUT2D eigenvalue weighted by atomic mass is 16.5. The lowest BCUT2D eigenvalue weighted by molar-refractivity contribution is 0.0933. The molecule has 0 saturated carbocycles. The van der Waals surface area contributed by atoms with Crippen LogP contribution < -0.4 is 10.1 Å². The van der Waals surface area contributed by atoms with Crippen molar-refractivity contribution in [3.05, 3.63) is 59.7 Å². The van der Waals surface area contributed by atoms with Gasteiger partial charge in [0, 0.05) is 17.5 Å². The zero-order chi connectivity index (χ0) is 17.2. The van der Waals surface area contributed by atoms with Crippen molar-refractivity contribution in [1.82, 2.24) is 15.5 Å². The van der Waals surface area contributed by atoms with Gasteiger partial charge >= 0.3 is 0 Å². The predicted molar refractivity (Wildman–Crippen MR) is 92.4 cm³/mol. The SMILES string of the molecule is COc1ccc(-c2[nH]ncc2C(=O)NC2CCCc3occc32)cc1. The van der Waals surface area contributed by atoms with Gasteiger partial charge in [-0.15, -0.1) is 0 Å². The summed E-state index contributed by atoms with van der Waals surface area (Å²) in [4.78, 5) is 12.8. The van der Waals surface area contributed by atoms with Crippen molar-refractivity contribution in [3.8, 4) is 17.0 Å². The largest absolute Gasteiger partial charge is 0.497 e. The minimum atomic E-state index is -0.140. The molecule has 1 aliphatic rings. The van der Waals surface area contributed by atoms with E-state index >= 15 is 0 Å². The van der Waals surface area contributed by atoms with Gasteiger partial charge in [-0.3, -0.25) is 9.89 Å². The normalized spacial score (nSPS) is 16.3. The highest BCUT2D eigenvalue weighted by molar-refractivity contribution is 6.00. The molecule has 2 N–H and O–H groups in total. The number of carbonyl (C=O) groups is 1. The Hall–Kier alpha value is -3.02. The van der Waals surface area contributed by atoms with Crippen LogP contribution >= 0.6 is 0 Å². The van der Waals surface area contributed by atoms with Gasteiger partial charge in [0.25, 0.3) is 5.91 Å². The first-order chi connectivity index (χ1) is 12.3. The van der Waals surface area contributed by atoms with E-state index in [1.54, 1.807) is 19.6 Å². The third kappa shape index (κ3) is 2.91. The standard InChI is InChI=1S/C19H19N3O3/c1-24-13-7-5-12(6-8-13)18-15(11-20-22-18)19(23)21-16-3-2-4-17-14(16)9-10-25-17/h5-11,16H,2-4H2,1H3,(H,20,22)(H,21,23). The Kier molecular flexibility index (Phi) is 4.01. The molecule has 25 heavy (non-hydrogen) atoms. The fourth-order valence-corrected chi connectivity index (χ4v) is 3.31. The van der Waals surface area contributed by atoms with Crippen LogP contribution in [0.2, 0.25) is 0 Å². The number of hydrogen-bond donors (Lipinski definition) is 2. The summed E-state index contributed by atoms with van der Waals surface area (Å²) in [5, 5.41) is 10.1. The molecule has 6 nitrogen and oxygen atoms in total. The number of fused-ring (bicyclic) bond motifs is 1. The van der Waals surface area contributed by atoms with Crippen molar-refractivity contribution in [2.24, 2.45) is 0 Å². The Labute approximate surface area is 145 Å². The van der Waals surface area contributed by atoms with Crippen molar-refractivity contribution in [2.45, 2.75) is 25.3 Å². The lowest BCUT2D eigenvalue weighted by atomic mass is 9.93. The maximum Gasteiger partial charge on any atom is 0.255 e. The molecule has 0 fully saturated rings. The number of rotatable bonds is 4. The number of nitrogens with zero attached hydrogens (tertiary/aromatic N) is 1. The second-order valence-electron chi connectivity index (χ2n) is 6.10. The first-order valence-corrected chi connectivity index (χ1v) is 8.31. The van der Waals surface area contributed by atoms with Crippen LogP contribution in [0.25, 0.3) is 11.3 Å². The summed E-state index contributed by atoms with van der Waals surface area (Å²) in [6, 6.07) is 9.44. The van der Waals surface area contributed by atoms with Crippen LogP contribution in [0.3, 0.4) is 0 Å². The molecule has 1 atom stereocenters. The van der Waals surface area contributed by atoms with E-state index in [1.807, 2.05) is 30.3 Å². The van der Waals surface area contributed by atoms with Gasteiger partial charge in [-0.05, 0) is 43.2 Å². The minimum absolute atomic E-state index is 0.0198. The van der Waals surface area contributed by atoms with E-state index in [1.165, 1.54) is 0 Å². The molecule has 0 radical (unpaired) electrons. The topological polar surface area (TPSA) is 80.1 Å². The first kappa shape index (κ1) is 15.5. The average molecular weight is 337 g/mol. The highest BCUT2D eigenvalue weighted by Gasteiger charge is 2.25. The molecule has 4 rings (SSSR count). The van der Waals surface area contributed by atoms with Gasteiger partial charge in [0.05, 0.1) is 36.9 Å². The molecule has 0 saturated heterocycles. The lowest BCUT2D eigenvalue weighted by Gasteiger charge is -2.22. The Bertz CT molecular complexity index is 879. The second kappa shape index (κ2) is 6.47. The number of methoxy groups -OCH3 is 1. The van der Waals surface area contributed by atoms with Crippen molar-refractivity contribution >= 4 is 5.91 Å². The smallest absolute Gasteiger partial charge is 0.255 e. The molecule has 2 heterocycles. The quantitative estimate of drug-likeness (QED) is 0.764. The minimum Gasteiger partial charge on any atom is -0.497 e. The van der Waals surface area contributed by atoms with Crippen molar-refractivity contribution in [2.75, 3.05) is 7.11 Å². The molecule has 6 heteroatoms. The highest BCUT2D eigenvalue weighted by Crippen LogP contribution is 2.31. The van der Waals surface area contributed by atoms with E-state index in [0.29, 0.717) is 11.3 Å². The molecule has 1 aromatic carbocycles. The van der Waals surface area contributed by atoms with Crippen LogP contribution in [0.1, 0.15) is 40.6 Å². The molecule has 0 spiro atoms. The Morgan fingerprint density at radius 3 is 2.96 bits per heavy atom. The van der Waals surface area contributed by atoms with E-state index in [2.05, 4.69) is 15.5 Å². The van der Waals surface area contributed by atoms with Gasteiger partial charge < -0.3 is 14.5 Å². The molecule has 1 unspecified atom stereocenters. The number of hydrogen-bond acceptors (Lipinski definition) is 4. The van der Waals surface area contributed by atoms with E-state index in [0.717, 1.165) is 41.9 Å². The van der Waals surface area contributed by atoms with Gasteiger partial charge in [0.1, 0.15) is 11.5 Å². The lowest BCUT2D eigenvalue weighted by Crippen LogP contribution is -2.30. The zero-order valence-corrected chi connectivity index (χ0v) is 13.9. The van der Waals surface area contributed by atoms with Crippen LogP contribution in [0.5, 0.6) is 5.75 Å². The summed E-state index contributed by atoms with van der Waals surface area (Å²) in [5.74, 6) is 1.60. The summed E-state index contributed by atoms with van der Waals surface area (Å²) in [7, 11) is 1.62. The van der Waals surface area contributed by atoms with Crippen LogP contribution in [-0.2, 0) is 6.42 Å². The fourth-order valence-electron chi connectivity index (χ4n) is 3.31. The van der Waals surface area contributed by atoms with E-state index in [4.69, 9.17) is 9.15 Å². The molecule has 0 aliphatic heterocycles. The van der Waals surface area contributed by atoms with Gasteiger partial charge in [-0.1, -0.05) is 0 Å². The fraction of sp³-hybridized carbons (Fsp3) is 0.263. The number of nitrogens with one attached hydrogen (secondary N) is 2. The van der Waals surface area contributed by atoms with Gasteiger partial charge in [-0.25, -0.2) is 0 Å². The van der Waals surface area contributed by atoms with E-state index in [-0.39, 0.29) is 11.9 Å². The first-order valence-electron chi connectivity index (χ1n) is 8.31. The van der Waals surface area contributed by atoms with Crippen LogP contribution in [0.4, 0.5) is 0 Å². The maximum atomic E-state index is 12.8. The number of ether oxygens (including phenoxy) is 1. The number of aromatic amines is 1. The summed E-state index contributed by atoms with van der Waals surface area (Å²) < 4.78 is 10.7.